The average Bonchev–Trinajstić information content (AvgIpc) is 2.97. The first-order chi connectivity index (χ1) is 10.4. The number of hydrogen-bond acceptors (Lipinski definition) is 5. The third-order valence-corrected chi connectivity index (χ3v) is 4.86. The molecule has 0 saturated heterocycles. The molecular formula is C16H17N3S2. The summed E-state index contributed by atoms with van der Waals surface area (Å²) in [6, 6.07) is 12.6. The van der Waals surface area contributed by atoms with Crippen molar-refractivity contribution >= 4 is 39.1 Å². The quantitative estimate of drug-likeness (QED) is 0.724. The highest BCUT2D eigenvalue weighted by Crippen LogP contribution is 2.26. The number of rotatable bonds is 6. The van der Waals surface area contributed by atoms with Crippen molar-refractivity contribution in [2.75, 3.05) is 11.9 Å². The molecule has 0 unspecified atom stereocenters. The minimum absolute atomic E-state index is 0.834. The fourth-order valence-corrected chi connectivity index (χ4v) is 3.73. The first-order valence-corrected chi connectivity index (χ1v) is 9.00. The van der Waals surface area contributed by atoms with E-state index in [2.05, 4.69) is 57.9 Å². The second-order valence-corrected chi connectivity index (χ2v) is 6.52. The second kappa shape index (κ2) is 6.91. The third-order valence-electron chi connectivity index (χ3n) is 3.06. The van der Waals surface area contributed by atoms with Crippen LogP contribution in [0.4, 0.5) is 5.82 Å². The minimum atomic E-state index is 0.834. The van der Waals surface area contributed by atoms with Gasteiger partial charge in [0.15, 0.2) is 0 Å². The summed E-state index contributed by atoms with van der Waals surface area (Å²) in [6.07, 6.45) is 0. The number of aromatic nitrogens is 2. The van der Waals surface area contributed by atoms with Crippen LogP contribution in [0, 0.1) is 0 Å². The maximum Gasteiger partial charge on any atom is 0.142 e. The summed E-state index contributed by atoms with van der Waals surface area (Å²) in [4.78, 5) is 10.4. The van der Waals surface area contributed by atoms with E-state index in [-0.39, 0.29) is 0 Å². The number of nitrogens with zero attached hydrogens (tertiary/aromatic N) is 2. The first kappa shape index (κ1) is 14.4. The van der Waals surface area contributed by atoms with Gasteiger partial charge in [0.25, 0.3) is 0 Å². The molecule has 0 aliphatic carbocycles. The molecule has 0 saturated carbocycles. The van der Waals surface area contributed by atoms with Gasteiger partial charge in [-0.2, -0.15) is 0 Å². The molecule has 0 aliphatic heterocycles. The maximum absolute atomic E-state index is 4.66. The molecule has 0 amide bonds. The van der Waals surface area contributed by atoms with Crippen molar-refractivity contribution in [3.63, 3.8) is 0 Å². The molecule has 0 atom stereocenters. The predicted molar refractivity (Wildman–Crippen MR) is 93.0 cm³/mol. The van der Waals surface area contributed by atoms with Crippen molar-refractivity contribution in [3.05, 3.63) is 53.2 Å². The molecule has 3 nitrogen and oxygen atoms in total. The fraction of sp³-hybridized carbons (Fsp3) is 0.250. The van der Waals surface area contributed by atoms with E-state index in [9.17, 15) is 0 Å². The van der Waals surface area contributed by atoms with Crippen molar-refractivity contribution in [1.29, 1.82) is 0 Å². The monoisotopic (exact) mass is 315 g/mol. The van der Waals surface area contributed by atoms with E-state index in [0.29, 0.717) is 0 Å². The van der Waals surface area contributed by atoms with Crippen LogP contribution in [0.3, 0.4) is 0 Å². The molecule has 0 spiro atoms. The molecule has 1 N–H and O–H groups in total. The Bertz CT molecular complexity index is 710. The van der Waals surface area contributed by atoms with E-state index < -0.39 is 0 Å². The van der Waals surface area contributed by atoms with Gasteiger partial charge in [-0.3, -0.25) is 0 Å². The van der Waals surface area contributed by atoms with Crippen molar-refractivity contribution in [2.45, 2.75) is 18.4 Å². The highest BCUT2D eigenvalue weighted by Gasteiger charge is 2.08. The van der Waals surface area contributed by atoms with E-state index in [4.69, 9.17) is 0 Å². The van der Waals surface area contributed by atoms with Crippen molar-refractivity contribution in [2.24, 2.45) is 0 Å². The Morgan fingerprint density at radius 2 is 1.95 bits per heavy atom. The van der Waals surface area contributed by atoms with Crippen LogP contribution >= 0.6 is 23.1 Å². The lowest BCUT2D eigenvalue weighted by molar-refractivity contribution is 1.05. The standard InChI is InChI=1S/C16H17N3S2/c1-2-17-15-13-8-9-21-16(13)19-14(18-15)11-20-10-12-6-4-3-5-7-12/h3-9H,2,10-11H2,1H3,(H,17,18,19). The summed E-state index contributed by atoms with van der Waals surface area (Å²) < 4.78 is 0. The molecule has 0 fully saturated rings. The summed E-state index contributed by atoms with van der Waals surface area (Å²) in [5, 5.41) is 6.53. The number of fused-ring (bicyclic) bond motifs is 1. The van der Waals surface area contributed by atoms with Gasteiger partial charge in [-0.05, 0) is 23.9 Å². The van der Waals surface area contributed by atoms with Crippen LogP contribution in [0.15, 0.2) is 41.8 Å². The van der Waals surface area contributed by atoms with Gasteiger partial charge in [-0.25, -0.2) is 9.97 Å². The Balaban J connectivity index is 1.71. The highest BCUT2D eigenvalue weighted by atomic mass is 32.2. The van der Waals surface area contributed by atoms with Gasteiger partial charge in [0.2, 0.25) is 0 Å². The van der Waals surface area contributed by atoms with Crippen LogP contribution in [0.2, 0.25) is 0 Å². The topological polar surface area (TPSA) is 37.8 Å². The normalized spacial score (nSPS) is 10.9. The smallest absolute Gasteiger partial charge is 0.142 e. The lowest BCUT2D eigenvalue weighted by Gasteiger charge is -2.07. The molecule has 2 aromatic heterocycles. The van der Waals surface area contributed by atoms with Crippen LogP contribution in [-0.4, -0.2) is 16.5 Å². The van der Waals surface area contributed by atoms with Gasteiger partial charge in [-0.1, -0.05) is 30.3 Å². The molecule has 0 aliphatic rings. The number of hydrogen-bond donors (Lipinski definition) is 1. The zero-order chi connectivity index (χ0) is 14.5. The summed E-state index contributed by atoms with van der Waals surface area (Å²) in [5.74, 6) is 3.69. The summed E-state index contributed by atoms with van der Waals surface area (Å²) >= 11 is 3.52. The SMILES string of the molecule is CCNc1nc(CSCc2ccccc2)nc2sccc12. The molecule has 5 heteroatoms. The molecular weight excluding hydrogens is 298 g/mol. The third kappa shape index (κ3) is 3.54. The van der Waals surface area contributed by atoms with Crippen molar-refractivity contribution < 1.29 is 0 Å². The van der Waals surface area contributed by atoms with E-state index in [1.54, 1.807) is 11.3 Å². The lowest BCUT2D eigenvalue weighted by Crippen LogP contribution is -2.03. The Morgan fingerprint density at radius 1 is 1.10 bits per heavy atom. The van der Waals surface area contributed by atoms with Gasteiger partial charge in [0.05, 0.1) is 11.1 Å². The summed E-state index contributed by atoms with van der Waals surface area (Å²) in [7, 11) is 0. The molecule has 0 bridgehead atoms. The van der Waals surface area contributed by atoms with Crippen LogP contribution in [-0.2, 0) is 11.5 Å². The Labute approximate surface area is 132 Å². The molecule has 21 heavy (non-hydrogen) atoms. The largest absolute Gasteiger partial charge is 0.370 e. The molecule has 0 radical (unpaired) electrons. The number of thiophene rings is 1. The van der Waals surface area contributed by atoms with Gasteiger partial charge < -0.3 is 5.32 Å². The first-order valence-electron chi connectivity index (χ1n) is 6.96. The number of benzene rings is 1. The van der Waals surface area contributed by atoms with Crippen molar-refractivity contribution in [3.8, 4) is 0 Å². The molecule has 2 heterocycles. The van der Waals surface area contributed by atoms with Gasteiger partial charge >= 0.3 is 0 Å². The Hall–Kier alpha value is -1.59. The van der Waals surface area contributed by atoms with Gasteiger partial charge in [0.1, 0.15) is 16.5 Å². The molecule has 108 valence electrons. The van der Waals surface area contributed by atoms with Crippen molar-refractivity contribution in [1.82, 2.24) is 9.97 Å². The second-order valence-electron chi connectivity index (χ2n) is 4.64. The van der Waals surface area contributed by atoms with E-state index in [1.165, 1.54) is 5.56 Å². The minimum Gasteiger partial charge on any atom is -0.370 e. The average molecular weight is 315 g/mol. The van der Waals surface area contributed by atoms with Gasteiger partial charge in [-0.15, -0.1) is 23.1 Å². The van der Waals surface area contributed by atoms with Gasteiger partial charge in [0, 0.05) is 12.3 Å². The molecule has 3 aromatic rings. The number of anilines is 1. The summed E-state index contributed by atoms with van der Waals surface area (Å²) in [6.45, 7) is 2.96. The van der Waals surface area contributed by atoms with E-state index >= 15 is 0 Å². The maximum atomic E-state index is 4.66. The predicted octanol–water partition coefficient (Wildman–Crippen LogP) is 4.56. The zero-order valence-corrected chi connectivity index (χ0v) is 13.5. The zero-order valence-electron chi connectivity index (χ0n) is 11.9. The van der Waals surface area contributed by atoms with Crippen LogP contribution in [0.1, 0.15) is 18.3 Å². The Morgan fingerprint density at radius 3 is 2.76 bits per heavy atom. The lowest BCUT2D eigenvalue weighted by atomic mass is 10.2. The Kier molecular flexibility index (Phi) is 4.72. The van der Waals surface area contributed by atoms with E-state index in [1.807, 2.05) is 17.8 Å². The van der Waals surface area contributed by atoms with Crippen LogP contribution in [0.5, 0.6) is 0 Å². The molecule has 3 rings (SSSR count). The van der Waals surface area contributed by atoms with E-state index in [0.717, 1.165) is 39.9 Å². The summed E-state index contributed by atoms with van der Waals surface area (Å²) in [5.41, 5.74) is 1.34. The van der Waals surface area contributed by atoms with Crippen LogP contribution < -0.4 is 5.32 Å². The highest BCUT2D eigenvalue weighted by molar-refractivity contribution is 7.97. The van der Waals surface area contributed by atoms with Crippen LogP contribution in [0.25, 0.3) is 10.2 Å². The number of thioether (sulfide) groups is 1. The number of nitrogens with one attached hydrogen (secondary N) is 1. The fourth-order valence-electron chi connectivity index (χ4n) is 2.10. The molecule has 1 aromatic carbocycles.